The molecule has 1 fully saturated rings. The zero-order valence-corrected chi connectivity index (χ0v) is 17.6. The van der Waals surface area contributed by atoms with E-state index in [1.165, 1.54) is 16.7 Å². The van der Waals surface area contributed by atoms with Gasteiger partial charge in [0.15, 0.2) is 0 Å². The number of amides is 1. The van der Waals surface area contributed by atoms with E-state index in [0.717, 1.165) is 25.3 Å². The molecule has 0 bridgehead atoms. The second kappa shape index (κ2) is 10.1. The quantitative estimate of drug-likeness (QED) is 0.645. The van der Waals surface area contributed by atoms with E-state index in [1.807, 2.05) is 6.07 Å². The Hall–Kier alpha value is -1.63. The number of benzene rings is 1. The highest BCUT2D eigenvalue weighted by molar-refractivity contribution is 5.82. The van der Waals surface area contributed by atoms with Gasteiger partial charge in [0.2, 0.25) is 5.91 Å². The summed E-state index contributed by atoms with van der Waals surface area (Å²) in [5.41, 5.74) is 3.72. The molecule has 0 radical (unpaired) electrons. The zero-order chi connectivity index (χ0) is 20.0. The molecule has 1 amide bonds. The average molecular weight is 378 g/mol. The topological polar surface area (TPSA) is 62.8 Å². The number of carbonyl (C=O) groups excluding carboxylic acids is 1. The van der Waals surface area contributed by atoms with Gasteiger partial charge in [-0.1, -0.05) is 6.07 Å². The third-order valence-corrected chi connectivity index (χ3v) is 5.56. The second-order valence-electron chi connectivity index (χ2n) is 7.58. The predicted octanol–water partition coefficient (Wildman–Crippen LogP) is 2.02. The number of nitrogens with one attached hydrogen (secondary N) is 2. The minimum Gasteiger partial charge on any atom is -0.496 e. The molecule has 1 aliphatic heterocycles. The van der Waals surface area contributed by atoms with Gasteiger partial charge in [-0.3, -0.25) is 9.69 Å². The minimum absolute atomic E-state index is 0.0851. The van der Waals surface area contributed by atoms with Crippen LogP contribution in [0.15, 0.2) is 12.1 Å². The standard InChI is InChI=1S/C21H35N3O3/c1-14(2)24-13-18(11-19(24)21(25)22-9-10-26-5)23-12-17-7-8-20(27-6)16(4)15(17)3/h7-8,14,18-19,23H,9-13H2,1-6H3,(H,22,25)/t18-,19-/m0/s1. The fraction of sp³-hybridized carbons (Fsp3) is 0.667. The molecule has 2 rings (SSSR count). The van der Waals surface area contributed by atoms with E-state index in [9.17, 15) is 4.79 Å². The minimum atomic E-state index is -0.0851. The lowest BCUT2D eigenvalue weighted by atomic mass is 10.0. The first-order valence-corrected chi connectivity index (χ1v) is 9.77. The largest absolute Gasteiger partial charge is 0.496 e. The number of methoxy groups -OCH3 is 2. The van der Waals surface area contributed by atoms with E-state index < -0.39 is 0 Å². The van der Waals surface area contributed by atoms with Crippen LogP contribution in [-0.4, -0.2) is 62.8 Å². The van der Waals surface area contributed by atoms with Crippen molar-refractivity contribution >= 4 is 5.91 Å². The van der Waals surface area contributed by atoms with Crippen molar-refractivity contribution in [3.8, 4) is 5.75 Å². The number of nitrogens with zero attached hydrogens (tertiary/aromatic N) is 1. The van der Waals surface area contributed by atoms with Crippen LogP contribution in [0.5, 0.6) is 5.75 Å². The summed E-state index contributed by atoms with van der Waals surface area (Å²) in [5, 5.41) is 6.64. The van der Waals surface area contributed by atoms with Crippen LogP contribution in [0.4, 0.5) is 0 Å². The Morgan fingerprint density at radius 1 is 1.26 bits per heavy atom. The van der Waals surface area contributed by atoms with Crippen LogP contribution in [0, 0.1) is 13.8 Å². The molecule has 0 aliphatic carbocycles. The molecule has 27 heavy (non-hydrogen) atoms. The zero-order valence-electron chi connectivity index (χ0n) is 17.6. The highest BCUT2D eigenvalue weighted by atomic mass is 16.5. The molecule has 0 unspecified atom stereocenters. The van der Waals surface area contributed by atoms with Crippen molar-refractivity contribution in [2.75, 3.05) is 33.9 Å². The van der Waals surface area contributed by atoms with Gasteiger partial charge in [0, 0.05) is 38.8 Å². The van der Waals surface area contributed by atoms with Gasteiger partial charge in [-0.05, 0) is 56.9 Å². The van der Waals surface area contributed by atoms with Gasteiger partial charge in [-0.2, -0.15) is 0 Å². The summed E-state index contributed by atoms with van der Waals surface area (Å²) in [5.74, 6) is 1.03. The van der Waals surface area contributed by atoms with Crippen molar-refractivity contribution in [1.82, 2.24) is 15.5 Å². The van der Waals surface area contributed by atoms with Crippen LogP contribution in [0.1, 0.15) is 37.0 Å². The van der Waals surface area contributed by atoms with E-state index in [0.29, 0.717) is 25.2 Å². The van der Waals surface area contributed by atoms with Crippen LogP contribution < -0.4 is 15.4 Å². The van der Waals surface area contributed by atoms with Gasteiger partial charge in [-0.15, -0.1) is 0 Å². The number of carbonyl (C=O) groups is 1. The summed E-state index contributed by atoms with van der Waals surface area (Å²) in [7, 11) is 3.35. The normalized spacial score (nSPS) is 20.3. The second-order valence-corrected chi connectivity index (χ2v) is 7.58. The number of hydrogen-bond acceptors (Lipinski definition) is 5. The van der Waals surface area contributed by atoms with E-state index in [1.54, 1.807) is 14.2 Å². The van der Waals surface area contributed by atoms with Crippen molar-refractivity contribution < 1.29 is 14.3 Å². The summed E-state index contributed by atoms with van der Waals surface area (Å²) in [6.07, 6.45) is 0.825. The number of hydrogen-bond donors (Lipinski definition) is 2. The summed E-state index contributed by atoms with van der Waals surface area (Å²) in [6.45, 7) is 11.3. The van der Waals surface area contributed by atoms with Crippen molar-refractivity contribution in [3.63, 3.8) is 0 Å². The molecular weight excluding hydrogens is 342 g/mol. The molecule has 152 valence electrons. The maximum absolute atomic E-state index is 12.6. The lowest BCUT2D eigenvalue weighted by molar-refractivity contribution is -0.126. The molecule has 2 N–H and O–H groups in total. The average Bonchev–Trinajstić information content (AvgIpc) is 3.08. The number of rotatable bonds is 9. The Morgan fingerprint density at radius 3 is 2.63 bits per heavy atom. The molecule has 1 aromatic rings. The van der Waals surface area contributed by atoms with Crippen LogP contribution in [0.25, 0.3) is 0 Å². The van der Waals surface area contributed by atoms with Crippen LogP contribution in [-0.2, 0) is 16.1 Å². The SMILES string of the molecule is COCCNC(=O)[C@@H]1C[C@H](NCc2ccc(OC)c(C)c2C)CN1C(C)C. The van der Waals surface area contributed by atoms with E-state index in [2.05, 4.69) is 49.3 Å². The molecule has 0 spiro atoms. The number of ether oxygens (including phenoxy) is 2. The van der Waals surface area contributed by atoms with E-state index >= 15 is 0 Å². The van der Waals surface area contributed by atoms with Crippen molar-refractivity contribution in [1.29, 1.82) is 0 Å². The molecule has 1 saturated heterocycles. The summed E-state index contributed by atoms with van der Waals surface area (Å²) in [6, 6.07) is 4.70. The lowest BCUT2D eigenvalue weighted by Crippen LogP contribution is -2.46. The first-order valence-electron chi connectivity index (χ1n) is 9.77. The fourth-order valence-electron chi connectivity index (χ4n) is 3.75. The van der Waals surface area contributed by atoms with Crippen LogP contribution in [0.2, 0.25) is 0 Å². The maximum Gasteiger partial charge on any atom is 0.237 e. The molecule has 0 saturated carbocycles. The van der Waals surface area contributed by atoms with Gasteiger partial charge in [0.25, 0.3) is 0 Å². The third-order valence-electron chi connectivity index (χ3n) is 5.56. The van der Waals surface area contributed by atoms with Gasteiger partial charge in [0.05, 0.1) is 19.8 Å². The van der Waals surface area contributed by atoms with Gasteiger partial charge >= 0.3 is 0 Å². The highest BCUT2D eigenvalue weighted by Crippen LogP contribution is 2.25. The Labute approximate surface area is 163 Å². The lowest BCUT2D eigenvalue weighted by Gasteiger charge is -2.27. The van der Waals surface area contributed by atoms with Crippen LogP contribution in [0.3, 0.4) is 0 Å². The van der Waals surface area contributed by atoms with Crippen molar-refractivity contribution in [2.45, 2.75) is 58.8 Å². The summed E-state index contributed by atoms with van der Waals surface area (Å²) in [4.78, 5) is 14.9. The first-order chi connectivity index (χ1) is 12.9. The molecular formula is C21H35N3O3. The maximum atomic E-state index is 12.6. The molecule has 1 aromatic carbocycles. The Bertz CT molecular complexity index is 633. The van der Waals surface area contributed by atoms with Gasteiger partial charge in [-0.25, -0.2) is 0 Å². The molecule has 2 atom stereocenters. The predicted molar refractivity (Wildman–Crippen MR) is 108 cm³/mol. The Balaban J connectivity index is 1.97. The molecule has 6 nitrogen and oxygen atoms in total. The highest BCUT2D eigenvalue weighted by Gasteiger charge is 2.37. The van der Waals surface area contributed by atoms with Crippen LogP contribution >= 0.6 is 0 Å². The molecule has 1 heterocycles. The number of likely N-dealkylation sites (tertiary alicyclic amines) is 1. The summed E-state index contributed by atoms with van der Waals surface area (Å²) >= 11 is 0. The third kappa shape index (κ3) is 5.43. The molecule has 6 heteroatoms. The van der Waals surface area contributed by atoms with E-state index in [4.69, 9.17) is 9.47 Å². The first kappa shape index (κ1) is 21.7. The molecule has 1 aliphatic rings. The van der Waals surface area contributed by atoms with E-state index in [-0.39, 0.29) is 11.9 Å². The van der Waals surface area contributed by atoms with Crippen molar-refractivity contribution in [2.24, 2.45) is 0 Å². The van der Waals surface area contributed by atoms with Gasteiger partial charge < -0.3 is 20.1 Å². The monoisotopic (exact) mass is 377 g/mol. The van der Waals surface area contributed by atoms with Gasteiger partial charge in [0.1, 0.15) is 5.75 Å². The molecule has 0 aromatic heterocycles. The summed E-state index contributed by atoms with van der Waals surface area (Å²) < 4.78 is 10.4. The Morgan fingerprint density at radius 2 is 2.00 bits per heavy atom. The fourth-order valence-corrected chi connectivity index (χ4v) is 3.75. The smallest absolute Gasteiger partial charge is 0.237 e. The van der Waals surface area contributed by atoms with Crippen molar-refractivity contribution in [3.05, 3.63) is 28.8 Å². The Kier molecular flexibility index (Phi) is 8.07.